The molecule has 0 saturated heterocycles. The molecular formula is C15H20N4O3S. The predicted molar refractivity (Wildman–Crippen MR) is 85.2 cm³/mol. The minimum Gasteiger partial charge on any atom is -0.338 e. The van der Waals surface area contributed by atoms with Crippen LogP contribution in [0.15, 0.2) is 41.8 Å². The predicted octanol–water partition coefficient (Wildman–Crippen LogP) is 1.03. The third-order valence-electron chi connectivity index (χ3n) is 3.65. The standard InChI is InChI=1S/C15H20N4O3S/c1-4-19(10-13-8-6-5-7-9-13)14(20)12(2)23(21,22)15-17-16-11-18(15)3/h5-9,11-12H,4,10H2,1-3H3/t12-/m1/s1. The Morgan fingerprint density at radius 1 is 1.30 bits per heavy atom. The van der Waals surface area contributed by atoms with Crippen LogP contribution in [0.3, 0.4) is 0 Å². The van der Waals surface area contributed by atoms with E-state index in [4.69, 9.17) is 0 Å². The summed E-state index contributed by atoms with van der Waals surface area (Å²) in [6, 6.07) is 9.46. The molecule has 0 bridgehead atoms. The number of nitrogens with zero attached hydrogens (tertiary/aromatic N) is 4. The van der Waals surface area contributed by atoms with E-state index in [9.17, 15) is 13.2 Å². The molecule has 124 valence electrons. The van der Waals surface area contributed by atoms with Gasteiger partial charge in [-0.2, -0.15) is 0 Å². The van der Waals surface area contributed by atoms with Crippen molar-refractivity contribution in [3.63, 3.8) is 0 Å². The summed E-state index contributed by atoms with van der Waals surface area (Å²) in [5.41, 5.74) is 0.950. The largest absolute Gasteiger partial charge is 0.338 e. The van der Waals surface area contributed by atoms with Crippen molar-refractivity contribution in [2.45, 2.75) is 30.8 Å². The third-order valence-corrected chi connectivity index (χ3v) is 5.66. The van der Waals surface area contributed by atoms with Gasteiger partial charge >= 0.3 is 0 Å². The van der Waals surface area contributed by atoms with Crippen LogP contribution in [0.5, 0.6) is 0 Å². The quantitative estimate of drug-likeness (QED) is 0.786. The Hall–Kier alpha value is -2.22. The number of rotatable bonds is 6. The molecule has 2 aromatic rings. The van der Waals surface area contributed by atoms with Crippen molar-refractivity contribution in [3.8, 4) is 0 Å². The Bertz CT molecular complexity index is 771. The summed E-state index contributed by atoms with van der Waals surface area (Å²) in [7, 11) is -2.34. The third kappa shape index (κ3) is 3.58. The summed E-state index contributed by atoms with van der Waals surface area (Å²) in [5, 5.41) is 5.77. The van der Waals surface area contributed by atoms with Crippen molar-refractivity contribution in [2.24, 2.45) is 7.05 Å². The van der Waals surface area contributed by atoms with Crippen LogP contribution >= 0.6 is 0 Å². The lowest BCUT2D eigenvalue weighted by Crippen LogP contribution is -2.41. The summed E-state index contributed by atoms with van der Waals surface area (Å²) in [4.78, 5) is 14.1. The molecule has 0 unspecified atom stereocenters. The molecule has 1 heterocycles. The van der Waals surface area contributed by atoms with Crippen molar-refractivity contribution < 1.29 is 13.2 Å². The molecule has 2 rings (SSSR count). The van der Waals surface area contributed by atoms with Gasteiger partial charge in [-0.3, -0.25) is 4.79 Å². The summed E-state index contributed by atoms with van der Waals surface area (Å²) >= 11 is 0. The molecule has 23 heavy (non-hydrogen) atoms. The highest BCUT2D eigenvalue weighted by Gasteiger charge is 2.35. The Balaban J connectivity index is 2.22. The van der Waals surface area contributed by atoms with Gasteiger partial charge in [-0.25, -0.2) is 8.42 Å². The molecule has 0 saturated carbocycles. The molecule has 0 aliphatic rings. The maximum atomic E-state index is 12.6. The van der Waals surface area contributed by atoms with Gasteiger partial charge in [0, 0.05) is 20.1 Å². The van der Waals surface area contributed by atoms with Crippen LogP contribution < -0.4 is 0 Å². The molecule has 0 N–H and O–H groups in total. The van der Waals surface area contributed by atoms with Crippen molar-refractivity contribution in [3.05, 3.63) is 42.2 Å². The van der Waals surface area contributed by atoms with Crippen LogP contribution in [0, 0.1) is 0 Å². The molecule has 1 atom stereocenters. The summed E-state index contributed by atoms with van der Waals surface area (Å²) in [6.45, 7) is 4.00. The van der Waals surface area contributed by atoms with Crippen LogP contribution in [0.4, 0.5) is 0 Å². The molecule has 0 fully saturated rings. The lowest BCUT2D eigenvalue weighted by molar-refractivity contribution is -0.130. The number of carbonyl (C=O) groups is 1. The van der Waals surface area contributed by atoms with E-state index in [1.807, 2.05) is 37.3 Å². The highest BCUT2D eigenvalue weighted by atomic mass is 32.2. The topological polar surface area (TPSA) is 85.2 Å². The van der Waals surface area contributed by atoms with E-state index < -0.39 is 21.0 Å². The minimum atomic E-state index is -3.87. The molecule has 1 aromatic heterocycles. The van der Waals surface area contributed by atoms with E-state index in [0.717, 1.165) is 5.56 Å². The van der Waals surface area contributed by atoms with Crippen LogP contribution in [0.2, 0.25) is 0 Å². The van der Waals surface area contributed by atoms with Gasteiger partial charge in [0.1, 0.15) is 11.6 Å². The zero-order valence-corrected chi connectivity index (χ0v) is 14.2. The van der Waals surface area contributed by atoms with Gasteiger partial charge < -0.3 is 9.47 Å². The number of aromatic nitrogens is 3. The van der Waals surface area contributed by atoms with E-state index >= 15 is 0 Å². The first-order chi connectivity index (χ1) is 10.9. The fourth-order valence-corrected chi connectivity index (χ4v) is 3.57. The van der Waals surface area contributed by atoms with E-state index in [1.165, 1.54) is 29.8 Å². The van der Waals surface area contributed by atoms with Crippen LogP contribution in [0.1, 0.15) is 19.4 Å². The second-order valence-electron chi connectivity index (χ2n) is 5.25. The zero-order valence-electron chi connectivity index (χ0n) is 13.4. The Labute approximate surface area is 135 Å². The van der Waals surface area contributed by atoms with Gasteiger partial charge in [-0.15, -0.1) is 10.2 Å². The van der Waals surface area contributed by atoms with Gasteiger partial charge in [0.15, 0.2) is 0 Å². The summed E-state index contributed by atoms with van der Waals surface area (Å²) in [6.07, 6.45) is 1.30. The number of hydrogen-bond acceptors (Lipinski definition) is 5. The fraction of sp³-hybridized carbons (Fsp3) is 0.400. The number of benzene rings is 1. The van der Waals surface area contributed by atoms with E-state index in [0.29, 0.717) is 13.1 Å². The summed E-state index contributed by atoms with van der Waals surface area (Å²) < 4.78 is 26.4. The van der Waals surface area contributed by atoms with Gasteiger partial charge in [0.2, 0.25) is 20.9 Å². The maximum Gasteiger partial charge on any atom is 0.250 e. The number of hydrogen-bond donors (Lipinski definition) is 0. The molecule has 0 aliphatic heterocycles. The van der Waals surface area contributed by atoms with Crippen LogP contribution in [-0.4, -0.2) is 45.8 Å². The number of carbonyl (C=O) groups excluding carboxylic acids is 1. The molecule has 7 nitrogen and oxygen atoms in total. The molecule has 8 heteroatoms. The lowest BCUT2D eigenvalue weighted by atomic mass is 10.2. The van der Waals surface area contributed by atoms with Crippen molar-refractivity contribution in [1.82, 2.24) is 19.7 Å². The van der Waals surface area contributed by atoms with E-state index in [1.54, 1.807) is 0 Å². The highest BCUT2D eigenvalue weighted by molar-refractivity contribution is 7.92. The van der Waals surface area contributed by atoms with Crippen LogP contribution in [0.25, 0.3) is 0 Å². The second-order valence-corrected chi connectivity index (χ2v) is 7.41. The average molecular weight is 336 g/mol. The monoisotopic (exact) mass is 336 g/mol. The molecule has 1 aromatic carbocycles. The van der Waals surface area contributed by atoms with Gasteiger partial charge in [0.05, 0.1) is 0 Å². The van der Waals surface area contributed by atoms with Crippen molar-refractivity contribution in [2.75, 3.05) is 6.54 Å². The van der Waals surface area contributed by atoms with Crippen molar-refractivity contribution >= 4 is 15.7 Å². The smallest absolute Gasteiger partial charge is 0.250 e. The normalized spacial score (nSPS) is 12.8. The number of sulfone groups is 1. The Kier molecular flexibility index (Phi) is 5.15. The van der Waals surface area contributed by atoms with E-state index in [2.05, 4.69) is 10.2 Å². The summed E-state index contributed by atoms with van der Waals surface area (Å²) in [5.74, 6) is -0.445. The van der Waals surface area contributed by atoms with Gasteiger partial charge in [-0.1, -0.05) is 30.3 Å². The average Bonchev–Trinajstić information content (AvgIpc) is 2.99. The molecule has 0 radical (unpaired) electrons. The van der Waals surface area contributed by atoms with E-state index in [-0.39, 0.29) is 5.16 Å². The SMILES string of the molecule is CCN(Cc1ccccc1)C(=O)[C@@H](C)S(=O)(=O)c1nncn1C. The molecule has 0 aliphatic carbocycles. The molecule has 0 spiro atoms. The minimum absolute atomic E-state index is 0.200. The first kappa shape index (κ1) is 17.1. The maximum absolute atomic E-state index is 12.6. The fourth-order valence-electron chi connectivity index (χ4n) is 2.23. The first-order valence-electron chi connectivity index (χ1n) is 7.28. The molecule has 1 amide bonds. The lowest BCUT2D eigenvalue weighted by Gasteiger charge is -2.24. The van der Waals surface area contributed by atoms with Crippen molar-refractivity contribution in [1.29, 1.82) is 0 Å². The first-order valence-corrected chi connectivity index (χ1v) is 8.83. The Morgan fingerprint density at radius 3 is 2.48 bits per heavy atom. The highest BCUT2D eigenvalue weighted by Crippen LogP contribution is 2.16. The van der Waals surface area contributed by atoms with Crippen LogP contribution in [-0.2, 0) is 28.2 Å². The van der Waals surface area contributed by atoms with Gasteiger partial charge in [-0.05, 0) is 19.4 Å². The van der Waals surface area contributed by atoms with Gasteiger partial charge in [0.25, 0.3) is 0 Å². The Morgan fingerprint density at radius 2 is 1.96 bits per heavy atom. The second kappa shape index (κ2) is 6.91. The zero-order chi connectivity index (χ0) is 17.0. The number of amides is 1. The molecular weight excluding hydrogens is 316 g/mol. The number of aryl methyl sites for hydroxylation is 1.